The van der Waals surface area contributed by atoms with E-state index in [1.807, 2.05) is 0 Å². The summed E-state index contributed by atoms with van der Waals surface area (Å²) >= 11 is 0. The first-order chi connectivity index (χ1) is 15.2. The van der Waals surface area contributed by atoms with E-state index in [0.29, 0.717) is 19.5 Å². The van der Waals surface area contributed by atoms with Crippen LogP contribution in [0.1, 0.15) is 30.4 Å². The highest BCUT2D eigenvalue weighted by Crippen LogP contribution is 2.31. The number of rotatable bonds is 9. The Morgan fingerprint density at radius 2 is 1.75 bits per heavy atom. The molecule has 1 aliphatic rings. The van der Waals surface area contributed by atoms with Crippen LogP contribution in [-0.4, -0.2) is 44.9 Å². The van der Waals surface area contributed by atoms with E-state index in [4.69, 9.17) is 4.74 Å². The van der Waals surface area contributed by atoms with E-state index >= 15 is 0 Å². The molecule has 174 valence electrons. The van der Waals surface area contributed by atoms with Crippen molar-refractivity contribution in [3.8, 4) is 5.75 Å². The number of ether oxygens (including phenoxy) is 1. The predicted octanol–water partition coefficient (Wildman–Crippen LogP) is 3.62. The molecule has 0 aromatic heterocycles. The maximum atomic E-state index is 12.7. The largest absolute Gasteiger partial charge is 0.492 e. The quantitative estimate of drug-likeness (QED) is 0.568. The fraction of sp³-hybridized carbons (Fsp3) is 0.409. The van der Waals surface area contributed by atoms with Crippen molar-refractivity contribution in [1.82, 2.24) is 9.62 Å². The molecule has 0 radical (unpaired) electrons. The number of amides is 1. The molecule has 0 spiro atoms. The van der Waals surface area contributed by atoms with Gasteiger partial charge in [-0.25, -0.2) is 8.42 Å². The lowest BCUT2D eigenvalue weighted by molar-refractivity contribution is -0.137. The van der Waals surface area contributed by atoms with E-state index in [-0.39, 0.29) is 36.1 Å². The number of hydrogen-bond acceptors (Lipinski definition) is 4. The summed E-state index contributed by atoms with van der Waals surface area (Å²) < 4.78 is 69.9. The number of halogens is 3. The number of sulfonamides is 1. The van der Waals surface area contributed by atoms with Gasteiger partial charge in [-0.3, -0.25) is 4.79 Å². The van der Waals surface area contributed by atoms with Crippen molar-refractivity contribution >= 4 is 15.9 Å². The molecule has 3 rings (SSSR count). The molecule has 32 heavy (non-hydrogen) atoms. The van der Waals surface area contributed by atoms with Gasteiger partial charge in [-0.05, 0) is 55.2 Å². The zero-order valence-electron chi connectivity index (χ0n) is 17.4. The molecule has 6 nitrogen and oxygen atoms in total. The van der Waals surface area contributed by atoms with Crippen molar-refractivity contribution in [2.24, 2.45) is 0 Å². The Balaban J connectivity index is 1.40. The van der Waals surface area contributed by atoms with Crippen LogP contribution in [0.3, 0.4) is 0 Å². The van der Waals surface area contributed by atoms with Crippen molar-refractivity contribution in [3.05, 3.63) is 59.7 Å². The molecule has 2 aromatic rings. The molecular weight excluding hydrogens is 445 g/mol. The number of aryl methyl sites for hydroxylation is 1. The summed E-state index contributed by atoms with van der Waals surface area (Å²) in [6, 6.07) is 11.1. The fourth-order valence-corrected chi connectivity index (χ4v) is 4.89. The SMILES string of the molecule is O=C(CCc1ccc(S(=O)(=O)N2CCCC2)cc1)NCCOc1cccc(C(F)(F)F)c1. The standard InChI is InChI=1S/C22H25F3N2O4S/c23-22(24,25)18-4-3-5-19(16-18)31-15-12-26-21(28)11-8-17-6-9-20(10-7-17)32(29,30)27-13-1-2-14-27/h3-7,9-10,16H,1-2,8,11-15H2,(H,26,28). The van der Waals surface area contributed by atoms with Gasteiger partial charge in [-0.15, -0.1) is 0 Å². The van der Waals surface area contributed by atoms with Crippen LogP contribution in [0.25, 0.3) is 0 Å². The fourth-order valence-electron chi connectivity index (χ4n) is 3.37. The minimum Gasteiger partial charge on any atom is -0.492 e. The lowest BCUT2D eigenvalue weighted by Crippen LogP contribution is -2.28. The van der Waals surface area contributed by atoms with Crippen molar-refractivity contribution in [3.63, 3.8) is 0 Å². The summed E-state index contributed by atoms with van der Waals surface area (Å²) in [4.78, 5) is 12.2. The Morgan fingerprint density at radius 1 is 1.06 bits per heavy atom. The number of carbonyl (C=O) groups excluding carboxylic acids is 1. The summed E-state index contributed by atoms with van der Waals surface area (Å²) in [5.74, 6) is -0.149. The minimum atomic E-state index is -4.44. The van der Waals surface area contributed by atoms with E-state index in [1.165, 1.54) is 16.4 Å². The average molecular weight is 471 g/mol. The van der Waals surface area contributed by atoms with Crippen LogP contribution in [0.4, 0.5) is 13.2 Å². The van der Waals surface area contributed by atoms with E-state index in [1.54, 1.807) is 24.3 Å². The number of nitrogens with one attached hydrogen (secondary N) is 1. The van der Waals surface area contributed by atoms with E-state index in [2.05, 4.69) is 5.32 Å². The monoisotopic (exact) mass is 470 g/mol. The van der Waals surface area contributed by atoms with Crippen molar-refractivity contribution < 1.29 is 31.1 Å². The number of carbonyl (C=O) groups is 1. The van der Waals surface area contributed by atoms with E-state index in [9.17, 15) is 26.4 Å². The van der Waals surface area contributed by atoms with Gasteiger partial charge in [0.1, 0.15) is 12.4 Å². The molecule has 1 fully saturated rings. The molecule has 0 atom stereocenters. The first-order valence-electron chi connectivity index (χ1n) is 10.3. The second-order valence-corrected chi connectivity index (χ2v) is 9.42. The summed E-state index contributed by atoms with van der Waals surface area (Å²) in [5, 5.41) is 2.65. The van der Waals surface area contributed by atoms with Crippen molar-refractivity contribution in [1.29, 1.82) is 0 Å². The Morgan fingerprint density at radius 3 is 2.41 bits per heavy atom. The smallest absolute Gasteiger partial charge is 0.416 e. The third kappa shape index (κ3) is 6.46. The summed E-state index contributed by atoms with van der Waals surface area (Å²) in [5.41, 5.74) is 0.0408. The normalized spacial score (nSPS) is 15.0. The molecule has 2 aromatic carbocycles. The third-order valence-corrected chi connectivity index (χ3v) is 7.03. The van der Waals surface area contributed by atoms with E-state index < -0.39 is 21.8 Å². The van der Waals surface area contributed by atoms with Crippen LogP contribution < -0.4 is 10.1 Å². The van der Waals surface area contributed by atoms with Gasteiger partial charge in [0.2, 0.25) is 15.9 Å². The molecule has 10 heteroatoms. The average Bonchev–Trinajstić information content (AvgIpc) is 3.31. The Labute approximate surface area is 185 Å². The Kier molecular flexibility index (Phi) is 7.78. The van der Waals surface area contributed by atoms with Gasteiger partial charge < -0.3 is 10.1 Å². The zero-order valence-corrected chi connectivity index (χ0v) is 18.2. The maximum absolute atomic E-state index is 12.7. The molecular formula is C22H25F3N2O4S. The highest BCUT2D eigenvalue weighted by Gasteiger charge is 2.30. The first kappa shape index (κ1) is 24.1. The molecule has 1 aliphatic heterocycles. The van der Waals surface area contributed by atoms with E-state index in [0.717, 1.165) is 30.5 Å². The lowest BCUT2D eigenvalue weighted by atomic mass is 10.1. The van der Waals surface area contributed by atoms with Gasteiger partial charge in [0.15, 0.2) is 0 Å². The van der Waals surface area contributed by atoms with Gasteiger partial charge in [0.25, 0.3) is 0 Å². The number of hydrogen-bond donors (Lipinski definition) is 1. The summed E-state index contributed by atoms with van der Waals surface area (Å²) in [6.45, 7) is 1.28. The van der Waals surface area contributed by atoms with Gasteiger partial charge in [0, 0.05) is 19.5 Å². The maximum Gasteiger partial charge on any atom is 0.416 e. The molecule has 1 heterocycles. The topological polar surface area (TPSA) is 75.7 Å². The van der Waals surface area contributed by atoms with Gasteiger partial charge in [0.05, 0.1) is 17.0 Å². The zero-order chi connectivity index (χ0) is 23.2. The van der Waals surface area contributed by atoms with Gasteiger partial charge in [-0.1, -0.05) is 18.2 Å². The van der Waals surface area contributed by atoms with Gasteiger partial charge >= 0.3 is 6.18 Å². The Hall–Kier alpha value is -2.59. The predicted molar refractivity (Wildman–Crippen MR) is 113 cm³/mol. The molecule has 1 N–H and O–H groups in total. The van der Waals surface area contributed by atoms with Crippen LogP contribution in [0, 0.1) is 0 Å². The molecule has 1 saturated heterocycles. The van der Waals surface area contributed by atoms with Crippen LogP contribution in [-0.2, 0) is 27.4 Å². The van der Waals surface area contributed by atoms with Crippen LogP contribution in [0.2, 0.25) is 0 Å². The van der Waals surface area contributed by atoms with Crippen molar-refractivity contribution in [2.45, 2.75) is 36.8 Å². The molecule has 0 unspecified atom stereocenters. The second-order valence-electron chi connectivity index (χ2n) is 7.48. The van der Waals surface area contributed by atoms with Gasteiger partial charge in [-0.2, -0.15) is 17.5 Å². The third-order valence-electron chi connectivity index (χ3n) is 5.12. The second kappa shape index (κ2) is 10.4. The highest BCUT2D eigenvalue weighted by atomic mass is 32.2. The lowest BCUT2D eigenvalue weighted by Gasteiger charge is -2.15. The summed E-state index contributed by atoms with van der Waals surface area (Å²) in [7, 11) is -3.46. The molecule has 0 aliphatic carbocycles. The number of alkyl halides is 3. The summed E-state index contributed by atoms with van der Waals surface area (Å²) in [6.07, 6.45) is -2.06. The number of benzene rings is 2. The molecule has 0 bridgehead atoms. The molecule has 1 amide bonds. The minimum absolute atomic E-state index is 0.0378. The highest BCUT2D eigenvalue weighted by molar-refractivity contribution is 7.89. The van der Waals surface area contributed by atoms with Crippen molar-refractivity contribution in [2.75, 3.05) is 26.2 Å². The van der Waals surface area contributed by atoms with Crippen LogP contribution >= 0.6 is 0 Å². The Bertz CT molecular complexity index is 1020. The first-order valence-corrected chi connectivity index (χ1v) is 11.8. The number of nitrogens with zero attached hydrogens (tertiary/aromatic N) is 1. The van der Waals surface area contributed by atoms with Crippen LogP contribution in [0.15, 0.2) is 53.4 Å². The van der Waals surface area contributed by atoms with Crippen LogP contribution in [0.5, 0.6) is 5.75 Å². The molecule has 0 saturated carbocycles.